The van der Waals surface area contributed by atoms with E-state index in [2.05, 4.69) is 52.1 Å². The van der Waals surface area contributed by atoms with Crippen LogP contribution < -0.4 is 11.1 Å². The largest absolute Gasteiger partial charge is 0.329 e. The number of benzene rings is 1. The highest BCUT2D eigenvalue weighted by Crippen LogP contribution is 2.23. The van der Waals surface area contributed by atoms with Crippen LogP contribution in [0.25, 0.3) is 0 Å². The Balaban J connectivity index is 2.95. The van der Waals surface area contributed by atoms with Gasteiger partial charge in [0.25, 0.3) is 0 Å². The molecule has 1 atom stereocenters. The Morgan fingerprint density at radius 3 is 2.06 bits per heavy atom. The summed E-state index contributed by atoms with van der Waals surface area (Å²) in [5.74, 6) is 0.648. The Morgan fingerprint density at radius 2 is 1.65 bits per heavy atom. The van der Waals surface area contributed by atoms with Gasteiger partial charge in [-0.05, 0) is 49.9 Å². The number of hydrogen-bond donors (Lipinski definition) is 2. The summed E-state index contributed by atoms with van der Waals surface area (Å²) in [6.45, 7) is 12.6. The minimum atomic E-state index is 0.276. The molecule has 96 valence electrons. The van der Waals surface area contributed by atoms with Crippen molar-refractivity contribution in [2.45, 2.75) is 40.7 Å². The molecule has 17 heavy (non-hydrogen) atoms. The summed E-state index contributed by atoms with van der Waals surface area (Å²) >= 11 is 0. The van der Waals surface area contributed by atoms with Gasteiger partial charge >= 0.3 is 0 Å². The molecule has 0 aliphatic carbocycles. The molecule has 1 aromatic rings. The molecule has 0 spiro atoms. The molecule has 0 bridgehead atoms. The molecule has 3 N–H and O–H groups in total. The Kier molecular flexibility index (Phi) is 5.16. The molecule has 1 unspecified atom stereocenters. The first-order valence-electron chi connectivity index (χ1n) is 6.47. The molecule has 0 heterocycles. The normalized spacial score (nSPS) is 13.1. The molecule has 0 aliphatic heterocycles. The van der Waals surface area contributed by atoms with Gasteiger partial charge in [-0.3, -0.25) is 0 Å². The minimum Gasteiger partial charge on any atom is -0.329 e. The van der Waals surface area contributed by atoms with Crippen LogP contribution in [0.1, 0.15) is 42.1 Å². The summed E-state index contributed by atoms with van der Waals surface area (Å²) in [6.07, 6.45) is 0. The Morgan fingerprint density at radius 1 is 1.12 bits per heavy atom. The van der Waals surface area contributed by atoms with Gasteiger partial charge in [-0.1, -0.05) is 31.5 Å². The van der Waals surface area contributed by atoms with Crippen LogP contribution in [-0.4, -0.2) is 13.1 Å². The first-order valence-corrected chi connectivity index (χ1v) is 6.47. The van der Waals surface area contributed by atoms with E-state index in [1.165, 1.54) is 22.3 Å². The van der Waals surface area contributed by atoms with Crippen LogP contribution in [0.4, 0.5) is 0 Å². The predicted octanol–water partition coefficient (Wildman–Crippen LogP) is 2.86. The summed E-state index contributed by atoms with van der Waals surface area (Å²) < 4.78 is 0. The Labute approximate surface area is 106 Å². The molecule has 1 rings (SSSR count). The third-order valence-electron chi connectivity index (χ3n) is 3.09. The zero-order chi connectivity index (χ0) is 13.0. The molecule has 0 saturated carbocycles. The summed E-state index contributed by atoms with van der Waals surface area (Å²) in [5, 5.41) is 3.56. The highest BCUT2D eigenvalue weighted by Gasteiger charge is 2.14. The average molecular weight is 234 g/mol. The van der Waals surface area contributed by atoms with E-state index in [4.69, 9.17) is 5.73 Å². The molecular formula is C15H26N2. The zero-order valence-corrected chi connectivity index (χ0v) is 11.8. The SMILES string of the molecule is Cc1cc(C)c(C(CN)NCC(C)C)c(C)c1. The monoisotopic (exact) mass is 234 g/mol. The van der Waals surface area contributed by atoms with Crippen LogP contribution in [0.2, 0.25) is 0 Å². The van der Waals surface area contributed by atoms with E-state index in [1.54, 1.807) is 0 Å². The van der Waals surface area contributed by atoms with E-state index in [9.17, 15) is 0 Å². The fraction of sp³-hybridized carbons (Fsp3) is 0.600. The molecule has 0 aromatic heterocycles. The van der Waals surface area contributed by atoms with E-state index in [-0.39, 0.29) is 6.04 Å². The lowest BCUT2D eigenvalue weighted by molar-refractivity contribution is 0.476. The van der Waals surface area contributed by atoms with Gasteiger partial charge in [0.1, 0.15) is 0 Å². The van der Waals surface area contributed by atoms with Crippen LogP contribution >= 0.6 is 0 Å². The lowest BCUT2D eigenvalue weighted by atomic mass is 9.94. The maximum absolute atomic E-state index is 5.90. The van der Waals surface area contributed by atoms with Gasteiger partial charge in [-0.15, -0.1) is 0 Å². The fourth-order valence-electron chi connectivity index (χ4n) is 2.42. The molecular weight excluding hydrogens is 208 g/mol. The minimum absolute atomic E-state index is 0.276. The highest BCUT2D eigenvalue weighted by atomic mass is 14.9. The van der Waals surface area contributed by atoms with Gasteiger partial charge in [0.2, 0.25) is 0 Å². The van der Waals surface area contributed by atoms with Crippen molar-refractivity contribution in [2.75, 3.05) is 13.1 Å². The molecule has 0 fully saturated rings. The number of nitrogens with one attached hydrogen (secondary N) is 1. The molecule has 2 heteroatoms. The van der Waals surface area contributed by atoms with Crippen molar-refractivity contribution in [1.29, 1.82) is 0 Å². The van der Waals surface area contributed by atoms with Crippen LogP contribution in [-0.2, 0) is 0 Å². The summed E-state index contributed by atoms with van der Waals surface area (Å²) in [7, 11) is 0. The van der Waals surface area contributed by atoms with Crippen molar-refractivity contribution in [3.05, 3.63) is 34.4 Å². The maximum atomic E-state index is 5.90. The van der Waals surface area contributed by atoms with Crippen molar-refractivity contribution in [3.8, 4) is 0 Å². The smallest absolute Gasteiger partial charge is 0.0449 e. The summed E-state index contributed by atoms with van der Waals surface area (Å²) in [6, 6.07) is 4.75. The molecule has 0 aliphatic rings. The number of hydrogen-bond acceptors (Lipinski definition) is 2. The third kappa shape index (κ3) is 3.83. The van der Waals surface area contributed by atoms with E-state index in [1.807, 2.05) is 0 Å². The molecule has 0 saturated heterocycles. The number of rotatable bonds is 5. The number of nitrogens with two attached hydrogens (primary N) is 1. The van der Waals surface area contributed by atoms with Crippen LogP contribution in [0.3, 0.4) is 0 Å². The van der Waals surface area contributed by atoms with Crippen LogP contribution in [0.15, 0.2) is 12.1 Å². The van der Waals surface area contributed by atoms with Gasteiger partial charge in [0, 0.05) is 12.6 Å². The quantitative estimate of drug-likeness (QED) is 0.822. The predicted molar refractivity (Wildman–Crippen MR) is 75.3 cm³/mol. The Hall–Kier alpha value is -0.860. The highest BCUT2D eigenvalue weighted by molar-refractivity contribution is 5.39. The van der Waals surface area contributed by atoms with Crippen molar-refractivity contribution >= 4 is 0 Å². The molecule has 0 radical (unpaired) electrons. The van der Waals surface area contributed by atoms with E-state index in [0.717, 1.165) is 6.54 Å². The van der Waals surface area contributed by atoms with Crippen molar-refractivity contribution in [3.63, 3.8) is 0 Å². The standard InChI is InChI=1S/C15H26N2/c1-10(2)9-17-14(8-16)15-12(4)6-11(3)7-13(15)5/h6-7,10,14,17H,8-9,16H2,1-5H3. The average Bonchev–Trinajstić information content (AvgIpc) is 2.21. The van der Waals surface area contributed by atoms with Crippen molar-refractivity contribution in [2.24, 2.45) is 11.7 Å². The van der Waals surface area contributed by atoms with Crippen LogP contribution in [0, 0.1) is 26.7 Å². The number of aryl methyl sites for hydroxylation is 3. The van der Waals surface area contributed by atoms with Gasteiger partial charge in [0.05, 0.1) is 0 Å². The van der Waals surface area contributed by atoms with Crippen molar-refractivity contribution in [1.82, 2.24) is 5.32 Å². The van der Waals surface area contributed by atoms with Gasteiger partial charge in [-0.2, -0.15) is 0 Å². The summed E-state index contributed by atoms with van der Waals surface area (Å²) in [4.78, 5) is 0. The third-order valence-corrected chi connectivity index (χ3v) is 3.09. The first kappa shape index (κ1) is 14.2. The van der Waals surface area contributed by atoms with Gasteiger partial charge in [0.15, 0.2) is 0 Å². The zero-order valence-electron chi connectivity index (χ0n) is 11.8. The van der Waals surface area contributed by atoms with Crippen LogP contribution in [0.5, 0.6) is 0 Å². The van der Waals surface area contributed by atoms with Crippen molar-refractivity contribution < 1.29 is 0 Å². The molecule has 0 amide bonds. The first-order chi connectivity index (χ1) is 7.95. The van der Waals surface area contributed by atoms with Gasteiger partial charge < -0.3 is 11.1 Å². The second-order valence-electron chi connectivity index (χ2n) is 5.40. The van der Waals surface area contributed by atoms with E-state index >= 15 is 0 Å². The van der Waals surface area contributed by atoms with E-state index < -0.39 is 0 Å². The molecule has 2 nitrogen and oxygen atoms in total. The second kappa shape index (κ2) is 6.18. The Bertz CT molecular complexity index is 346. The summed E-state index contributed by atoms with van der Waals surface area (Å²) in [5.41, 5.74) is 11.3. The lowest BCUT2D eigenvalue weighted by Crippen LogP contribution is -2.32. The maximum Gasteiger partial charge on any atom is 0.0449 e. The van der Waals surface area contributed by atoms with Gasteiger partial charge in [-0.25, -0.2) is 0 Å². The lowest BCUT2D eigenvalue weighted by Gasteiger charge is -2.23. The topological polar surface area (TPSA) is 38.0 Å². The fourth-order valence-corrected chi connectivity index (χ4v) is 2.42. The van der Waals surface area contributed by atoms with E-state index in [0.29, 0.717) is 12.5 Å². The second-order valence-corrected chi connectivity index (χ2v) is 5.40. The molecule has 1 aromatic carbocycles.